The molecule has 33 heavy (non-hydrogen) atoms. The van der Waals surface area contributed by atoms with E-state index < -0.39 is 17.9 Å². The smallest absolute Gasteiger partial charge is 0.254 e. The zero-order valence-electron chi connectivity index (χ0n) is 18.2. The van der Waals surface area contributed by atoms with Gasteiger partial charge in [0.05, 0.1) is 41.6 Å². The van der Waals surface area contributed by atoms with Crippen molar-refractivity contribution in [2.45, 2.75) is 44.4 Å². The monoisotopic (exact) mass is 453 g/mol. The van der Waals surface area contributed by atoms with Crippen LogP contribution in [0.1, 0.15) is 35.2 Å². The fourth-order valence-electron chi connectivity index (χ4n) is 3.95. The predicted molar refractivity (Wildman–Crippen MR) is 120 cm³/mol. The molecule has 2 aliphatic rings. The van der Waals surface area contributed by atoms with Crippen LogP contribution in [0.4, 0.5) is 14.5 Å². The molecule has 0 spiro atoms. The number of carbonyl (C=O) groups excluding carboxylic acids is 1. The highest BCUT2D eigenvalue weighted by atomic mass is 19.1. The molecule has 9 heteroatoms. The fraction of sp³-hybridized carbons (Fsp3) is 0.375. The Labute approximate surface area is 190 Å². The van der Waals surface area contributed by atoms with Gasteiger partial charge in [0, 0.05) is 36.8 Å². The molecule has 2 atom stereocenters. The standard InChI is InChI=1S/C24H25F2N5O2/c1-14-6-19(25)18(24(32)30-16-2-3-16)8-23(14)31-11-22(28-13-31)15-7-17(10-27-9-15)29-21-4-5-33-12-20(21)26/h6-11,13,16,20-21,29H,2-5,12H2,1H3,(H,30,32)/t20-,21+/m1/s1. The van der Waals surface area contributed by atoms with E-state index in [-0.39, 0.29) is 24.3 Å². The summed E-state index contributed by atoms with van der Waals surface area (Å²) in [5.41, 5.74) is 3.48. The molecular formula is C24H25F2N5O2. The quantitative estimate of drug-likeness (QED) is 0.593. The molecule has 172 valence electrons. The molecule has 1 aliphatic carbocycles. The third kappa shape index (κ3) is 4.73. The fourth-order valence-corrected chi connectivity index (χ4v) is 3.95. The van der Waals surface area contributed by atoms with Gasteiger partial charge in [-0.05, 0) is 49.9 Å². The molecule has 0 radical (unpaired) electrons. The van der Waals surface area contributed by atoms with E-state index in [1.165, 1.54) is 6.07 Å². The molecule has 3 heterocycles. The van der Waals surface area contributed by atoms with Crippen LogP contribution in [0.5, 0.6) is 0 Å². The van der Waals surface area contributed by atoms with Gasteiger partial charge in [0.1, 0.15) is 12.0 Å². The van der Waals surface area contributed by atoms with Crippen molar-refractivity contribution in [1.82, 2.24) is 19.9 Å². The highest BCUT2D eigenvalue weighted by Crippen LogP contribution is 2.26. The number of rotatable bonds is 6. The number of halogens is 2. The summed E-state index contributed by atoms with van der Waals surface area (Å²) in [6.45, 7) is 2.40. The van der Waals surface area contributed by atoms with Gasteiger partial charge in [-0.25, -0.2) is 13.8 Å². The lowest BCUT2D eigenvalue weighted by Gasteiger charge is -2.27. The molecule has 0 unspecified atom stereocenters. The first-order valence-electron chi connectivity index (χ1n) is 11.1. The summed E-state index contributed by atoms with van der Waals surface area (Å²) in [7, 11) is 0. The van der Waals surface area contributed by atoms with Gasteiger partial charge in [0.2, 0.25) is 0 Å². The van der Waals surface area contributed by atoms with Gasteiger partial charge in [0.25, 0.3) is 5.91 Å². The number of pyridine rings is 1. The van der Waals surface area contributed by atoms with Crippen LogP contribution in [-0.2, 0) is 4.74 Å². The van der Waals surface area contributed by atoms with Crippen LogP contribution < -0.4 is 10.6 Å². The number of hydrogen-bond acceptors (Lipinski definition) is 5. The summed E-state index contributed by atoms with van der Waals surface area (Å²) in [4.78, 5) is 21.2. The number of benzene rings is 1. The van der Waals surface area contributed by atoms with Crippen LogP contribution in [0.25, 0.3) is 16.9 Å². The summed E-state index contributed by atoms with van der Waals surface area (Å²) < 4.78 is 35.5. The van der Waals surface area contributed by atoms with Gasteiger partial charge >= 0.3 is 0 Å². The number of imidazole rings is 1. The van der Waals surface area contributed by atoms with E-state index in [4.69, 9.17) is 4.74 Å². The first-order chi connectivity index (χ1) is 16.0. The van der Waals surface area contributed by atoms with Gasteiger partial charge in [-0.3, -0.25) is 9.78 Å². The largest absolute Gasteiger partial charge is 0.378 e. The Morgan fingerprint density at radius 3 is 2.85 bits per heavy atom. The van der Waals surface area contributed by atoms with Gasteiger partial charge in [-0.15, -0.1) is 0 Å². The topological polar surface area (TPSA) is 81.1 Å². The van der Waals surface area contributed by atoms with E-state index in [0.717, 1.165) is 18.4 Å². The van der Waals surface area contributed by atoms with Crippen molar-refractivity contribution < 1.29 is 18.3 Å². The Hall–Kier alpha value is -3.33. The molecule has 2 N–H and O–H groups in total. The normalized spacial score (nSPS) is 20.5. The number of carbonyl (C=O) groups is 1. The second-order valence-electron chi connectivity index (χ2n) is 8.63. The maximum atomic E-state index is 14.5. The minimum Gasteiger partial charge on any atom is -0.378 e. The zero-order chi connectivity index (χ0) is 22.9. The van der Waals surface area contributed by atoms with Crippen LogP contribution in [0.15, 0.2) is 43.1 Å². The van der Waals surface area contributed by atoms with Crippen molar-refractivity contribution in [3.8, 4) is 16.9 Å². The summed E-state index contributed by atoms with van der Waals surface area (Å²) in [6, 6.07) is 4.61. The van der Waals surface area contributed by atoms with E-state index in [9.17, 15) is 13.6 Å². The van der Waals surface area contributed by atoms with Crippen molar-refractivity contribution >= 4 is 11.6 Å². The Kier molecular flexibility index (Phi) is 5.80. The third-order valence-corrected chi connectivity index (χ3v) is 5.98. The number of aromatic nitrogens is 3. The lowest BCUT2D eigenvalue weighted by atomic mass is 10.1. The van der Waals surface area contributed by atoms with Gasteiger partial charge in [-0.2, -0.15) is 0 Å². The SMILES string of the molecule is Cc1cc(F)c(C(=O)NC2CC2)cc1-n1cnc(-c2cncc(N[C@H]3CCOC[C@H]3F)c2)c1. The number of hydrogen-bond donors (Lipinski definition) is 2. The van der Waals surface area contributed by atoms with Crippen molar-refractivity contribution in [2.24, 2.45) is 0 Å². The summed E-state index contributed by atoms with van der Waals surface area (Å²) >= 11 is 0. The van der Waals surface area contributed by atoms with E-state index >= 15 is 0 Å². The van der Waals surface area contributed by atoms with Crippen molar-refractivity contribution in [1.29, 1.82) is 0 Å². The Morgan fingerprint density at radius 2 is 2.06 bits per heavy atom. The maximum absolute atomic E-state index is 14.5. The summed E-state index contributed by atoms with van der Waals surface area (Å²) in [5, 5.41) is 6.03. The number of anilines is 1. The van der Waals surface area contributed by atoms with Gasteiger partial charge in [0.15, 0.2) is 0 Å². The lowest BCUT2D eigenvalue weighted by Crippen LogP contribution is -2.39. The maximum Gasteiger partial charge on any atom is 0.254 e. The molecule has 1 amide bonds. The molecular weight excluding hydrogens is 428 g/mol. The van der Waals surface area contributed by atoms with E-state index in [1.807, 2.05) is 6.07 Å². The van der Waals surface area contributed by atoms with E-state index in [1.54, 1.807) is 42.5 Å². The second kappa shape index (κ2) is 8.90. The predicted octanol–water partition coefficient (Wildman–Crippen LogP) is 3.81. The van der Waals surface area contributed by atoms with Crippen LogP contribution in [0, 0.1) is 12.7 Å². The Morgan fingerprint density at radius 1 is 1.21 bits per heavy atom. The van der Waals surface area contributed by atoms with Crippen molar-refractivity contribution in [3.05, 3.63) is 60.1 Å². The first kappa shape index (κ1) is 21.5. The third-order valence-electron chi connectivity index (χ3n) is 5.98. The molecule has 3 aromatic rings. The number of aryl methyl sites for hydroxylation is 1. The van der Waals surface area contributed by atoms with Crippen LogP contribution in [0.2, 0.25) is 0 Å². The first-order valence-corrected chi connectivity index (χ1v) is 11.1. The van der Waals surface area contributed by atoms with Crippen LogP contribution in [0.3, 0.4) is 0 Å². The van der Waals surface area contributed by atoms with Crippen LogP contribution in [-0.4, -0.2) is 51.9 Å². The molecule has 5 rings (SSSR count). The second-order valence-corrected chi connectivity index (χ2v) is 8.63. The molecule has 1 saturated carbocycles. The molecule has 7 nitrogen and oxygen atoms in total. The number of alkyl halides is 1. The van der Waals surface area contributed by atoms with E-state index in [2.05, 4.69) is 20.6 Å². The van der Waals surface area contributed by atoms with Gasteiger partial charge < -0.3 is 19.9 Å². The average Bonchev–Trinajstić information content (AvgIpc) is 3.47. The molecule has 0 bridgehead atoms. The lowest BCUT2D eigenvalue weighted by molar-refractivity contribution is 0.0286. The summed E-state index contributed by atoms with van der Waals surface area (Å²) in [5.74, 6) is -0.948. The van der Waals surface area contributed by atoms with Crippen molar-refractivity contribution in [3.63, 3.8) is 0 Å². The molecule has 1 aliphatic heterocycles. The van der Waals surface area contributed by atoms with Gasteiger partial charge in [-0.1, -0.05) is 0 Å². The molecule has 1 aromatic carbocycles. The number of nitrogens with zero attached hydrogens (tertiary/aromatic N) is 3. The van der Waals surface area contributed by atoms with E-state index in [0.29, 0.717) is 35.7 Å². The summed E-state index contributed by atoms with van der Waals surface area (Å²) in [6.07, 6.45) is 8.12. The number of amides is 1. The molecule has 1 saturated heterocycles. The Bertz CT molecular complexity index is 1180. The van der Waals surface area contributed by atoms with Crippen LogP contribution >= 0.6 is 0 Å². The van der Waals surface area contributed by atoms with Crippen molar-refractivity contribution in [2.75, 3.05) is 18.5 Å². The molecule has 2 aromatic heterocycles. The highest BCUT2D eigenvalue weighted by molar-refractivity contribution is 5.95. The Balaban J connectivity index is 1.39. The zero-order valence-corrected chi connectivity index (χ0v) is 18.2. The highest BCUT2D eigenvalue weighted by Gasteiger charge is 2.26. The minimum absolute atomic E-state index is 0.0165. The molecule has 2 fully saturated rings. The average molecular weight is 453 g/mol. The number of ether oxygens (including phenoxy) is 1. The number of nitrogens with one attached hydrogen (secondary N) is 2. The minimum atomic E-state index is -1.07.